The number of primary amides is 1. The Bertz CT molecular complexity index is 341. The summed E-state index contributed by atoms with van der Waals surface area (Å²) in [5, 5.41) is 0. The van der Waals surface area contributed by atoms with Gasteiger partial charge < -0.3 is 5.73 Å². The molecule has 1 aromatic carbocycles. The van der Waals surface area contributed by atoms with Crippen LogP contribution in [0.2, 0.25) is 0 Å². The minimum absolute atomic E-state index is 0.0487. The van der Waals surface area contributed by atoms with Crippen molar-refractivity contribution in [1.82, 2.24) is 0 Å². The highest BCUT2D eigenvalue weighted by molar-refractivity contribution is 5.79. The maximum absolute atomic E-state index is 11.2. The van der Waals surface area contributed by atoms with Gasteiger partial charge in [0.25, 0.3) is 0 Å². The Kier molecular flexibility index (Phi) is 2.06. The summed E-state index contributed by atoms with van der Waals surface area (Å²) in [5.41, 5.74) is 6.67. The number of amides is 1. The van der Waals surface area contributed by atoms with Crippen LogP contribution in [0.5, 0.6) is 0 Å². The molecule has 74 valence electrons. The summed E-state index contributed by atoms with van der Waals surface area (Å²) in [6.45, 7) is 1.93. The van der Waals surface area contributed by atoms with Gasteiger partial charge in [-0.05, 0) is 18.4 Å². The van der Waals surface area contributed by atoms with E-state index in [1.54, 1.807) is 0 Å². The Balaban J connectivity index is 2.30. The molecule has 0 aromatic heterocycles. The molecule has 0 aliphatic heterocycles. The largest absolute Gasteiger partial charge is 0.369 e. The molecule has 0 radical (unpaired) electrons. The molecule has 1 amide bonds. The van der Waals surface area contributed by atoms with Crippen molar-refractivity contribution in [2.75, 3.05) is 0 Å². The fraction of sp³-hybridized carbons (Fsp3) is 0.417. The van der Waals surface area contributed by atoms with Crippen molar-refractivity contribution < 1.29 is 4.79 Å². The number of carbonyl (C=O) groups excluding carboxylic acids is 1. The van der Waals surface area contributed by atoms with Crippen molar-refractivity contribution in [2.45, 2.75) is 25.2 Å². The fourth-order valence-corrected chi connectivity index (χ4v) is 2.15. The Morgan fingerprint density at radius 3 is 2.36 bits per heavy atom. The summed E-state index contributed by atoms with van der Waals surface area (Å²) < 4.78 is 0. The van der Waals surface area contributed by atoms with Gasteiger partial charge in [0, 0.05) is 11.3 Å². The maximum Gasteiger partial charge on any atom is 0.221 e. The van der Waals surface area contributed by atoms with E-state index in [4.69, 9.17) is 5.73 Å². The number of hydrogen-bond acceptors (Lipinski definition) is 1. The van der Waals surface area contributed by atoms with Crippen molar-refractivity contribution >= 4 is 5.91 Å². The molecule has 0 saturated heterocycles. The zero-order valence-corrected chi connectivity index (χ0v) is 8.36. The quantitative estimate of drug-likeness (QED) is 0.774. The third kappa shape index (κ3) is 1.31. The van der Waals surface area contributed by atoms with Gasteiger partial charge in [-0.15, -0.1) is 0 Å². The van der Waals surface area contributed by atoms with Gasteiger partial charge in [0.05, 0.1) is 0 Å². The van der Waals surface area contributed by atoms with E-state index < -0.39 is 0 Å². The van der Waals surface area contributed by atoms with E-state index in [-0.39, 0.29) is 17.2 Å². The molecule has 1 fully saturated rings. The molecule has 2 N–H and O–H groups in total. The summed E-state index contributed by atoms with van der Waals surface area (Å²) in [6, 6.07) is 10.2. The van der Waals surface area contributed by atoms with Crippen LogP contribution in [0.3, 0.4) is 0 Å². The van der Waals surface area contributed by atoms with Gasteiger partial charge in [0.2, 0.25) is 5.91 Å². The van der Waals surface area contributed by atoms with Crippen LogP contribution in [-0.2, 0) is 10.2 Å². The van der Waals surface area contributed by atoms with Crippen molar-refractivity contribution in [2.24, 2.45) is 11.7 Å². The molecular weight excluding hydrogens is 174 g/mol. The molecule has 0 bridgehead atoms. The van der Waals surface area contributed by atoms with Crippen LogP contribution in [0.15, 0.2) is 30.3 Å². The third-order valence-electron chi connectivity index (χ3n) is 3.39. The number of carbonyl (C=O) groups is 1. The Hall–Kier alpha value is -1.31. The first-order valence-corrected chi connectivity index (χ1v) is 5.02. The lowest BCUT2D eigenvalue weighted by Gasteiger charge is -2.20. The highest BCUT2D eigenvalue weighted by atomic mass is 16.1. The number of nitrogens with two attached hydrogens (primary N) is 1. The van der Waals surface area contributed by atoms with Crippen LogP contribution in [0, 0.1) is 5.92 Å². The van der Waals surface area contributed by atoms with Crippen LogP contribution in [0.1, 0.15) is 25.3 Å². The monoisotopic (exact) mass is 189 g/mol. The standard InChI is InChI=1S/C12H15NO/c1-9(11(13)14)12(7-8-12)10-5-3-2-4-6-10/h2-6,9H,7-8H2,1H3,(H2,13,14). The molecular formula is C12H15NO. The molecule has 1 saturated carbocycles. The van der Waals surface area contributed by atoms with Crippen LogP contribution in [-0.4, -0.2) is 5.91 Å². The number of hydrogen-bond donors (Lipinski definition) is 1. The summed E-state index contributed by atoms with van der Waals surface area (Å²) in [7, 11) is 0. The van der Waals surface area contributed by atoms with E-state index in [0.717, 1.165) is 12.8 Å². The van der Waals surface area contributed by atoms with Gasteiger partial charge in [-0.2, -0.15) is 0 Å². The molecule has 1 aliphatic rings. The predicted octanol–water partition coefficient (Wildman–Crippen LogP) is 1.84. The highest BCUT2D eigenvalue weighted by Crippen LogP contribution is 2.53. The first-order chi connectivity index (χ1) is 6.67. The molecule has 0 heterocycles. The normalized spacial score (nSPS) is 20.1. The van der Waals surface area contributed by atoms with E-state index in [1.807, 2.05) is 25.1 Å². The highest BCUT2D eigenvalue weighted by Gasteiger charge is 2.50. The van der Waals surface area contributed by atoms with Crippen LogP contribution in [0.25, 0.3) is 0 Å². The first kappa shape index (κ1) is 9.25. The van der Waals surface area contributed by atoms with Gasteiger partial charge in [-0.1, -0.05) is 37.3 Å². The van der Waals surface area contributed by atoms with Crippen LogP contribution < -0.4 is 5.73 Å². The molecule has 2 heteroatoms. The van der Waals surface area contributed by atoms with E-state index in [2.05, 4.69) is 12.1 Å². The molecule has 2 nitrogen and oxygen atoms in total. The molecule has 1 atom stereocenters. The Morgan fingerprint density at radius 1 is 1.36 bits per heavy atom. The predicted molar refractivity (Wildman–Crippen MR) is 55.7 cm³/mol. The summed E-state index contributed by atoms with van der Waals surface area (Å²) in [6.07, 6.45) is 2.17. The van der Waals surface area contributed by atoms with Crippen molar-refractivity contribution in [3.05, 3.63) is 35.9 Å². The Labute approximate surface area is 84.1 Å². The van der Waals surface area contributed by atoms with E-state index in [0.29, 0.717) is 0 Å². The van der Waals surface area contributed by atoms with Crippen molar-refractivity contribution in [3.63, 3.8) is 0 Å². The van der Waals surface area contributed by atoms with Crippen molar-refractivity contribution in [1.29, 1.82) is 0 Å². The summed E-state index contributed by atoms with van der Waals surface area (Å²) in [4.78, 5) is 11.2. The minimum atomic E-state index is -0.189. The smallest absolute Gasteiger partial charge is 0.221 e. The van der Waals surface area contributed by atoms with E-state index >= 15 is 0 Å². The Morgan fingerprint density at radius 2 is 1.93 bits per heavy atom. The maximum atomic E-state index is 11.2. The van der Waals surface area contributed by atoms with Gasteiger partial charge >= 0.3 is 0 Å². The number of benzene rings is 1. The second-order valence-corrected chi connectivity index (χ2v) is 4.15. The van der Waals surface area contributed by atoms with Gasteiger partial charge in [0.15, 0.2) is 0 Å². The SMILES string of the molecule is CC(C(N)=O)C1(c2ccccc2)CC1. The average Bonchev–Trinajstić information content (AvgIpc) is 2.99. The lowest BCUT2D eigenvalue weighted by atomic mass is 9.83. The van der Waals surface area contributed by atoms with Gasteiger partial charge in [-0.3, -0.25) is 4.79 Å². The van der Waals surface area contributed by atoms with Gasteiger partial charge in [-0.25, -0.2) is 0 Å². The van der Waals surface area contributed by atoms with E-state index in [9.17, 15) is 4.79 Å². The lowest BCUT2D eigenvalue weighted by Crippen LogP contribution is -2.31. The topological polar surface area (TPSA) is 43.1 Å². The summed E-state index contributed by atoms with van der Waals surface area (Å²) >= 11 is 0. The fourth-order valence-electron chi connectivity index (χ4n) is 2.15. The third-order valence-corrected chi connectivity index (χ3v) is 3.39. The molecule has 1 aliphatic carbocycles. The molecule has 2 rings (SSSR count). The first-order valence-electron chi connectivity index (χ1n) is 5.02. The number of rotatable bonds is 3. The second kappa shape index (κ2) is 3.12. The average molecular weight is 189 g/mol. The van der Waals surface area contributed by atoms with Crippen LogP contribution >= 0.6 is 0 Å². The minimum Gasteiger partial charge on any atom is -0.369 e. The summed E-state index contributed by atoms with van der Waals surface area (Å²) in [5.74, 6) is -0.240. The molecule has 1 unspecified atom stereocenters. The molecule has 0 spiro atoms. The lowest BCUT2D eigenvalue weighted by molar-refractivity contribution is -0.122. The van der Waals surface area contributed by atoms with Gasteiger partial charge in [0.1, 0.15) is 0 Å². The van der Waals surface area contributed by atoms with Crippen molar-refractivity contribution in [3.8, 4) is 0 Å². The zero-order chi connectivity index (χ0) is 10.2. The van der Waals surface area contributed by atoms with Crippen LogP contribution in [0.4, 0.5) is 0 Å². The van der Waals surface area contributed by atoms with E-state index in [1.165, 1.54) is 5.56 Å². The second-order valence-electron chi connectivity index (χ2n) is 4.15. The zero-order valence-electron chi connectivity index (χ0n) is 8.36. The molecule has 1 aromatic rings. The molecule has 14 heavy (non-hydrogen) atoms.